The fourth-order valence-electron chi connectivity index (χ4n) is 3.93. The fraction of sp³-hybridized carbons (Fsp3) is 0.280. The van der Waals surface area contributed by atoms with E-state index < -0.39 is 27.2 Å². The predicted octanol–water partition coefficient (Wildman–Crippen LogP) is 5.42. The molecule has 5 rings (SSSR count). The number of alkyl halides is 3. The number of aromatic nitrogens is 1. The Balaban J connectivity index is 0.000000239. The van der Waals surface area contributed by atoms with Crippen molar-refractivity contribution >= 4 is 74.6 Å². The highest BCUT2D eigenvalue weighted by molar-refractivity contribution is 6.77. The van der Waals surface area contributed by atoms with Gasteiger partial charge in [0.2, 0.25) is 15.5 Å². The van der Waals surface area contributed by atoms with Gasteiger partial charge in [-0.3, -0.25) is 14.6 Å². The number of rotatable bonds is 2. The van der Waals surface area contributed by atoms with Crippen molar-refractivity contribution in [3.05, 3.63) is 66.4 Å². The van der Waals surface area contributed by atoms with Gasteiger partial charge in [-0.1, -0.05) is 59.1 Å². The Morgan fingerprint density at radius 2 is 1.71 bits per heavy atom. The minimum Gasteiger partial charge on any atom is -0.369 e. The number of halogens is 4. The molecule has 1 unspecified atom stereocenters. The number of aliphatic imine (C=N–C) groups is 1. The number of Topliss-reactive ketones (excluding diaryl/α,β-unsaturated/α-hetero) is 2. The highest BCUT2D eigenvalue weighted by Gasteiger charge is 2.46. The Kier molecular flexibility index (Phi) is 7.71. The molecule has 182 valence electrons. The van der Waals surface area contributed by atoms with Gasteiger partial charge in [-0.2, -0.15) is 4.39 Å². The Morgan fingerprint density at radius 1 is 1.03 bits per heavy atom. The molecule has 35 heavy (non-hydrogen) atoms. The van der Waals surface area contributed by atoms with E-state index in [1.807, 2.05) is 37.5 Å². The van der Waals surface area contributed by atoms with E-state index in [2.05, 4.69) is 31.9 Å². The van der Waals surface area contributed by atoms with Crippen molar-refractivity contribution in [3.8, 4) is 0 Å². The second-order valence-electron chi connectivity index (χ2n) is 8.28. The SMILES string of the molecule is CN1CCN(c2ccc3c(c2)N=C(F)C(C(=O)C(Cl)(Cl)Cl)C3=O)CC1.c1ccc2ncccc2c1. The maximum absolute atomic E-state index is 14.3. The molecular weight excluding hydrogens is 514 g/mol. The van der Waals surface area contributed by atoms with Gasteiger partial charge in [-0.15, -0.1) is 0 Å². The average Bonchev–Trinajstić information content (AvgIpc) is 2.84. The first-order valence-electron chi connectivity index (χ1n) is 10.9. The van der Waals surface area contributed by atoms with E-state index in [4.69, 9.17) is 34.8 Å². The van der Waals surface area contributed by atoms with E-state index in [-0.39, 0.29) is 11.3 Å². The van der Waals surface area contributed by atoms with E-state index >= 15 is 0 Å². The number of hydrogen-bond donors (Lipinski definition) is 0. The van der Waals surface area contributed by atoms with Crippen LogP contribution in [0.2, 0.25) is 0 Å². The first kappa shape index (κ1) is 25.5. The zero-order chi connectivity index (χ0) is 25.2. The van der Waals surface area contributed by atoms with E-state index in [0.29, 0.717) is 0 Å². The Hall–Kier alpha value is -2.58. The number of piperazine rings is 1. The third-order valence-corrected chi connectivity index (χ3v) is 6.46. The summed E-state index contributed by atoms with van der Waals surface area (Å²) < 4.78 is 11.9. The van der Waals surface area contributed by atoms with Crippen LogP contribution in [0.4, 0.5) is 15.8 Å². The molecule has 0 aliphatic carbocycles. The van der Waals surface area contributed by atoms with Gasteiger partial charge in [0.05, 0.1) is 11.2 Å². The standard InChI is InChI=1S/C16H15Cl3FN3O2.C9H7N/c1-22-4-6-23(7-5-22)9-2-3-10-11(8-9)21-15(20)12(13(10)24)14(25)16(17,18)19;1-2-6-9-8(4-1)5-3-7-10-9/h2-3,8,12H,4-7H2,1H3;1-7H. The Morgan fingerprint density at radius 3 is 2.40 bits per heavy atom. The maximum Gasteiger partial charge on any atom is 0.249 e. The lowest BCUT2D eigenvalue weighted by Crippen LogP contribution is -2.44. The van der Waals surface area contributed by atoms with Crippen LogP contribution in [0.5, 0.6) is 0 Å². The second-order valence-corrected chi connectivity index (χ2v) is 10.6. The van der Waals surface area contributed by atoms with Crippen molar-refractivity contribution in [2.45, 2.75) is 3.79 Å². The molecule has 1 fully saturated rings. The molecule has 3 heterocycles. The summed E-state index contributed by atoms with van der Waals surface area (Å²) in [5.74, 6) is -4.85. The highest BCUT2D eigenvalue weighted by atomic mass is 35.6. The molecule has 0 amide bonds. The molecule has 1 atom stereocenters. The lowest BCUT2D eigenvalue weighted by atomic mass is 9.90. The first-order chi connectivity index (χ1) is 16.6. The van der Waals surface area contributed by atoms with Gasteiger partial charge in [0, 0.05) is 49.0 Å². The van der Waals surface area contributed by atoms with Gasteiger partial charge >= 0.3 is 0 Å². The smallest absolute Gasteiger partial charge is 0.249 e. The zero-order valence-electron chi connectivity index (χ0n) is 18.8. The van der Waals surface area contributed by atoms with E-state index in [0.717, 1.165) is 37.4 Å². The number of pyridine rings is 1. The summed E-state index contributed by atoms with van der Waals surface area (Å²) in [5.41, 5.74) is 2.24. The minimum absolute atomic E-state index is 0.145. The summed E-state index contributed by atoms with van der Waals surface area (Å²) in [5, 5.41) is 1.20. The number of ketones is 2. The number of fused-ring (bicyclic) bond motifs is 2. The van der Waals surface area contributed by atoms with Gasteiger partial charge in [0.15, 0.2) is 11.7 Å². The normalized spacial score (nSPS) is 18.4. The number of benzene rings is 2. The van der Waals surface area contributed by atoms with Gasteiger partial charge < -0.3 is 9.80 Å². The van der Waals surface area contributed by atoms with Crippen LogP contribution in [0, 0.1) is 5.92 Å². The topological polar surface area (TPSA) is 65.9 Å². The van der Waals surface area contributed by atoms with Crippen molar-refractivity contribution < 1.29 is 14.0 Å². The molecule has 6 nitrogen and oxygen atoms in total. The molecule has 10 heteroatoms. The summed E-state index contributed by atoms with van der Waals surface area (Å²) in [6.45, 7) is 3.47. The summed E-state index contributed by atoms with van der Waals surface area (Å²) in [7, 11) is 2.05. The maximum atomic E-state index is 14.3. The van der Waals surface area contributed by atoms with Crippen LogP contribution in [0.25, 0.3) is 10.9 Å². The minimum atomic E-state index is -2.38. The van der Waals surface area contributed by atoms with Crippen molar-refractivity contribution in [2.24, 2.45) is 10.9 Å². The molecule has 0 saturated carbocycles. The van der Waals surface area contributed by atoms with Crippen LogP contribution in [0.3, 0.4) is 0 Å². The molecule has 2 aliphatic heterocycles. The number of likely N-dealkylation sites (N-methyl/N-ethyl adjacent to an activating group) is 1. The summed E-state index contributed by atoms with van der Waals surface area (Å²) in [4.78, 5) is 36.9. The first-order valence-corrected chi connectivity index (χ1v) is 12.0. The number of carbonyl (C=O) groups excluding carboxylic acids is 2. The number of anilines is 1. The van der Waals surface area contributed by atoms with E-state index in [1.165, 1.54) is 5.39 Å². The largest absolute Gasteiger partial charge is 0.369 e. The van der Waals surface area contributed by atoms with Gasteiger partial charge in [0.1, 0.15) is 0 Å². The predicted molar refractivity (Wildman–Crippen MR) is 139 cm³/mol. The number of para-hydroxylation sites is 1. The number of carbonyl (C=O) groups is 2. The van der Waals surface area contributed by atoms with Crippen molar-refractivity contribution in [3.63, 3.8) is 0 Å². The molecule has 1 saturated heterocycles. The molecule has 0 radical (unpaired) electrons. The van der Waals surface area contributed by atoms with Gasteiger partial charge in [0.25, 0.3) is 0 Å². The van der Waals surface area contributed by atoms with Crippen LogP contribution < -0.4 is 4.90 Å². The zero-order valence-corrected chi connectivity index (χ0v) is 21.1. The Labute approximate surface area is 217 Å². The van der Waals surface area contributed by atoms with Crippen molar-refractivity contribution in [1.29, 1.82) is 0 Å². The Bertz CT molecular complexity index is 1220. The van der Waals surface area contributed by atoms with Crippen LogP contribution in [-0.2, 0) is 4.79 Å². The summed E-state index contributed by atoms with van der Waals surface area (Å²) in [6.07, 6.45) is 1.81. The molecule has 2 aromatic carbocycles. The number of hydrogen-bond acceptors (Lipinski definition) is 6. The number of nitrogens with zero attached hydrogens (tertiary/aromatic N) is 4. The molecule has 0 N–H and O–H groups in total. The average molecular weight is 536 g/mol. The van der Waals surface area contributed by atoms with Crippen LogP contribution in [0.15, 0.2) is 65.8 Å². The molecule has 0 bridgehead atoms. The van der Waals surface area contributed by atoms with Crippen LogP contribution >= 0.6 is 34.8 Å². The molecular formula is C25H22Cl3FN4O2. The quantitative estimate of drug-likeness (QED) is 0.324. The fourth-order valence-corrected chi connectivity index (χ4v) is 4.26. The van der Waals surface area contributed by atoms with Crippen LogP contribution in [0.1, 0.15) is 10.4 Å². The summed E-state index contributed by atoms with van der Waals surface area (Å²) in [6, 6.07) is 17.0. The monoisotopic (exact) mass is 534 g/mol. The third kappa shape index (κ3) is 5.81. The molecule has 3 aromatic rings. The third-order valence-electron chi connectivity index (χ3n) is 5.90. The van der Waals surface area contributed by atoms with Gasteiger partial charge in [-0.05, 0) is 37.4 Å². The summed E-state index contributed by atoms with van der Waals surface area (Å²) >= 11 is 16.5. The van der Waals surface area contributed by atoms with Crippen molar-refractivity contribution in [1.82, 2.24) is 9.88 Å². The van der Waals surface area contributed by atoms with Gasteiger partial charge in [-0.25, -0.2) is 4.99 Å². The highest BCUT2D eigenvalue weighted by Crippen LogP contribution is 2.38. The van der Waals surface area contributed by atoms with Crippen LogP contribution in [-0.4, -0.2) is 64.4 Å². The molecule has 0 spiro atoms. The van der Waals surface area contributed by atoms with E-state index in [9.17, 15) is 14.0 Å². The van der Waals surface area contributed by atoms with Crippen molar-refractivity contribution in [2.75, 3.05) is 38.1 Å². The van der Waals surface area contributed by atoms with E-state index in [1.54, 1.807) is 18.2 Å². The molecule has 2 aliphatic rings. The lowest BCUT2D eigenvalue weighted by molar-refractivity contribution is -0.119. The lowest BCUT2D eigenvalue weighted by Gasteiger charge is -2.34. The second kappa shape index (κ2) is 10.6. The molecule has 1 aromatic heterocycles.